The molecule has 0 atom stereocenters. The maximum atomic E-state index is 12.2. The highest BCUT2D eigenvalue weighted by molar-refractivity contribution is 8.02. The summed E-state index contributed by atoms with van der Waals surface area (Å²) in [4.78, 5) is 3.80. The monoisotopic (exact) mass is 736 g/mol. The maximum absolute atomic E-state index is 12.2. The largest absolute Gasteiger partial charge is 0.743 e. The highest BCUT2D eigenvalue weighted by Gasteiger charge is 2.83. The molecule has 3 aromatic carbocycles. The average Bonchev–Trinajstić information content (AvgIpc) is 3.45. The Morgan fingerprint density at radius 1 is 0.674 bits per heavy atom. The number of benzene rings is 3. The third-order valence-corrected chi connectivity index (χ3v) is 11.4. The van der Waals surface area contributed by atoms with Crippen molar-refractivity contribution < 1.29 is 62.0 Å². The van der Waals surface area contributed by atoms with Gasteiger partial charge in [-0.25, -0.2) is 8.42 Å². The van der Waals surface area contributed by atoms with Crippen LogP contribution in [0, 0.1) is 0 Å². The summed E-state index contributed by atoms with van der Waals surface area (Å²) in [6, 6.07) is 31.8. The Bertz CT molecular complexity index is 1630. The fourth-order valence-corrected chi connectivity index (χ4v) is 8.78. The Hall–Kier alpha value is -3.06. The predicted molar refractivity (Wildman–Crippen MR) is 154 cm³/mol. The molecule has 0 amide bonds. The molecular formula is C28H21F9O5S4. The molecule has 0 N–H and O–H groups in total. The number of halogens is 9. The Kier molecular flexibility index (Phi) is 11.7. The van der Waals surface area contributed by atoms with Gasteiger partial charge in [-0.3, -0.25) is 0 Å². The van der Waals surface area contributed by atoms with Crippen molar-refractivity contribution in [1.82, 2.24) is 0 Å². The second kappa shape index (κ2) is 14.4. The van der Waals surface area contributed by atoms with E-state index in [2.05, 4.69) is 66.7 Å². The first-order chi connectivity index (χ1) is 21.3. The Morgan fingerprint density at radius 3 is 1.52 bits per heavy atom. The van der Waals surface area contributed by atoms with Gasteiger partial charge in [0.05, 0.1) is 18.4 Å². The maximum Gasteiger partial charge on any atom is 0.460 e. The smallest absolute Gasteiger partial charge is 0.460 e. The number of rotatable bonds is 10. The standard InChI is InChI=1S/C24H21O2S3.C4HF9O3S/c1-25-18-8-12-21(13-9-18)29(22-14-10-19(26-2)11-15-22)24-17-16-23(28-24)27-20-6-4-3-5-7-20;5-1(6,3(9,10)11)2(7,8)4(12,13)17(14,15)16/h3-17H,1-2H3;(H,14,15,16)/q+1;/p-1. The zero-order valence-corrected chi connectivity index (χ0v) is 26.5. The third-order valence-electron chi connectivity index (χ3n) is 5.74. The molecule has 0 spiro atoms. The molecule has 4 rings (SSSR count). The number of alkyl halides is 9. The quantitative estimate of drug-likeness (QED) is 0.0920. The van der Waals surface area contributed by atoms with Crippen molar-refractivity contribution in [1.29, 1.82) is 0 Å². The van der Waals surface area contributed by atoms with Gasteiger partial charge in [-0.05, 0) is 66.7 Å². The van der Waals surface area contributed by atoms with Gasteiger partial charge in [0.2, 0.25) is 4.21 Å². The van der Waals surface area contributed by atoms with Crippen LogP contribution in [0.5, 0.6) is 11.5 Å². The van der Waals surface area contributed by atoms with Gasteiger partial charge < -0.3 is 14.0 Å². The van der Waals surface area contributed by atoms with Crippen LogP contribution in [0.4, 0.5) is 39.5 Å². The molecule has 250 valence electrons. The minimum atomic E-state index is -7.43. The van der Waals surface area contributed by atoms with E-state index in [0.29, 0.717) is 0 Å². The van der Waals surface area contributed by atoms with Crippen molar-refractivity contribution in [3.8, 4) is 11.5 Å². The van der Waals surface area contributed by atoms with E-state index in [-0.39, 0.29) is 10.9 Å². The molecule has 1 aromatic heterocycles. The molecule has 0 bridgehead atoms. The second-order valence-electron chi connectivity index (χ2n) is 8.76. The molecule has 0 aliphatic carbocycles. The summed E-state index contributed by atoms with van der Waals surface area (Å²) in [7, 11) is -4.20. The van der Waals surface area contributed by atoms with Gasteiger partial charge in [-0.1, -0.05) is 41.3 Å². The second-order valence-corrected chi connectivity index (χ2v) is 14.9. The number of methoxy groups -OCH3 is 2. The average molecular weight is 737 g/mol. The van der Waals surface area contributed by atoms with Crippen molar-refractivity contribution in [3.05, 3.63) is 91.0 Å². The lowest BCUT2D eigenvalue weighted by atomic mass is 10.1. The van der Waals surface area contributed by atoms with Crippen molar-refractivity contribution in [2.75, 3.05) is 14.2 Å². The fraction of sp³-hybridized carbons (Fsp3) is 0.214. The SMILES string of the molecule is COc1ccc([S+](c2ccc(OC)cc2)c2ccc(Sc3ccccc3)s2)cc1.O=S(=O)([O-])C(F)(F)C(F)(F)C(F)(F)C(F)(F)F. The summed E-state index contributed by atoms with van der Waals surface area (Å²) in [6.07, 6.45) is -7.16. The summed E-state index contributed by atoms with van der Waals surface area (Å²) in [6.45, 7) is 0. The zero-order chi connectivity index (χ0) is 34.6. The Labute approximate surface area is 268 Å². The molecule has 0 fully saturated rings. The lowest BCUT2D eigenvalue weighted by molar-refractivity contribution is -0.382. The summed E-state index contributed by atoms with van der Waals surface area (Å²) in [5.41, 5.74) is 0. The highest BCUT2D eigenvalue weighted by Crippen LogP contribution is 2.54. The Morgan fingerprint density at radius 2 is 1.13 bits per heavy atom. The highest BCUT2D eigenvalue weighted by atomic mass is 32.2. The molecule has 0 saturated carbocycles. The van der Waals surface area contributed by atoms with Gasteiger partial charge in [0, 0.05) is 11.0 Å². The van der Waals surface area contributed by atoms with Crippen LogP contribution in [0.3, 0.4) is 0 Å². The van der Waals surface area contributed by atoms with Gasteiger partial charge in [0.1, 0.15) is 22.4 Å². The first-order valence-corrected chi connectivity index (χ1v) is 16.5. The first-order valence-electron chi connectivity index (χ1n) is 12.3. The van der Waals surface area contributed by atoms with E-state index in [4.69, 9.17) is 9.47 Å². The fourth-order valence-electron chi connectivity index (χ4n) is 3.38. The van der Waals surface area contributed by atoms with Crippen molar-refractivity contribution in [2.45, 2.75) is 46.4 Å². The van der Waals surface area contributed by atoms with Crippen LogP contribution in [0.1, 0.15) is 0 Å². The summed E-state index contributed by atoms with van der Waals surface area (Å²) < 4.78 is 149. The lowest BCUT2D eigenvalue weighted by Gasteiger charge is -2.34. The molecule has 0 unspecified atom stereocenters. The van der Waals surface area contributed by atoms with Crippen LogP contribution in [-0.4, -0.2) is 50.5 Å². The normalized spacial score (nSPS) is 12.8. The summed E-state index contributed by atoms with van der Waals surface area (Å²) in [5.74, 6) is -13.1. The number of hydrogen-bond acceptors (Lipinski definition) is 7. The molecule has 18 heteroatoms. The lowest BCUT2D eigenvalue weighted by Crippen LogP contribution is -2.63. The van der Waals surface area contributed by atoms with E-state index in [1.165, 1.54) is 23.1 Å². The molecular weight excluding hydrogens is 716 g/mol. The molecule has 0 aliphatic heterocycles. The van der Waals surface area contributed by atoms with Gasteiger partial charge in [-0.15, -0.1) is 0 Å². The van der Waals surface area contributed by atoms with E-state index in [9.17, 15) is 52.5 Å². The van der Waals surface area contributed by atoms with Crippen LogP contribution in [0.25, 0.3) is 0 Å². The molecule has 0 radical (unpaired) electrons. The van der Waals surface area contributed by atoms with Gasteiger partial charge in [-0.2, -0.15) is 39.5 Å². The van der Waals surface area contributed by atoms with E-state index in [1.54, 1.807) is 14.2 Å². The van der Waals surface area contributed by atoms with E-state index >= 15 is 0 Å². The molecule has 1 heterocycles. The van der Waals surface area contributed by atoms with Gasteiger partial charge in [0.15, 0.2) is 19.9 Å². The van der Waals surface area contributed by atoms with Crippen LogP contribution in [0.2, 0.25) is 0 Å². The van der Waals surface area contributed by atoms with Crippen LogP contribution in [0.15, 0.2) is 114 Å². The topological polar surface area (TPSA) is 75.7 Å². The zero-order valence-electron chi connectivity index (χ0n) is 23.2. The summed E-state index contributed by atoms with van der Waals surface area (Å²) >= 11 is 3.67. The molecule has 0 saturated heterocycles. The van der Waals surface area contributed by atoms with Crippen LogP contribution < -0.4 is 9.47 Å². The molecule has 4 aromatic rings. The van der Waals surface area contributed by atoms with E-state index in [1.807, 2.05) is 47.4 Å². The predicted octanol–water partition coefficient (Wildman–Crippen LogP) is 8.97. The van der Waals surface area contributed by atoms with Crippen molar-refractivity contribution >= 4 is 44.1 Å². The van der Waals surface area contributed by atoms with E-state index in [0.717, 1.165) is 11.5 Å². The minimum Gasteiger partial charge on any atom is -0.743 e. The number of thiophene rings is 1. The third kappa shape index (κ3) is 8.07. The van der Waals surface area contributed by atoms with Crippen molar-refractivity contribution in [3.63, 3.8) is 0 Å². The van der Waals surface area contributed by atoms with Crippen molar-refractivity contribution in [2.24, 2.45) is 0 Å². The first kappa shape index (κ1) is 37.4. The molecule has 46 heavy (non-hydrogen) atoms. The summed E-state index contributed by atoms with van der Waals surface area (Å²) in [5, 5.41) is -7.11. The number of ether oxygens (including phenoxy) is 2. The van der Waals surface area contributed by atoms with Gasteiger partial charge >= 0.3 is 23.3 Å². The number of hydrogen-bond donors (Lipinski definition) is 0. The minimum absolute atomic E-state index is 0.178. The molecule has 5 nitrogen and oxygen atoms in total. The van der Waals surface area contributed by atoms with E-state index < -0.39 is 33.4 Å². The molecule has 0 aliphatic rings. The van der Waals surface area contributed by atoms with Gasteiger partial charge in [0.25, 0.3) is 0 Å². The van der Waals surface area contributed by atoms with Crippen LogP contribution >= 0.6 is 23.1 Å². The Balaban J connectivity index is 0.000000292. The van der Waals surface area contributed by atoms with Crippen LogP contribution in [-0.2, 0) is 21.0 Å².